The van der Waals surface area contributed by atoms with Gasteiger partial charge in [0.05, 0.1) is 10.5 Å². The Kier molecular flexibility index (Phi) is 8.15. The molecule has 7 nitrogen and oxygen atoms in total. The molecule has 0 unspecified atom stereocenters. The van der Waals surface area contributed by atoms with E-state index in [1.165, 1.54) is 23.1 Å². The highest BCUT2D eigenvalue weighted by Crippen LogP contribution is 2.20. The Morgan fingerprint density at radius 2 is 1.74 bits per heavy atom. The predicted molar refractivity (Wildman–Crippen MR) is 120 cm³/mol. The van der Waals surface area contributed by atoms with E-state index < -0.39 is 28.5 Å². The number of esters is 1. The maximum absolute atomic E-state index is 12.8. The molecular weight excluding hydrogens is 416 g/mol. The van der Waals surface area contributed by atoms with Crippen molar-refractivity contribution in [3.8, 4) is 0 Å². The van der Waals surface area contributed by atoms with Crippen molar-refractivity contribution < 1.29 is 22.7 Å². The molecule has 2 aromatic carbocycles. The highest BCUT2D eigenvalue weighted by molar-refractivity contribution is 7.92. The van der Waals surface area contributed by atoms with Gasteiger partial charge in [-0.15, -0.1) is 13.2 Å². The Bertz CT molecular complexity index is 1080. The minimum atomic E-state index is -3.92. The monoisotopic (exact) mass is 442 g/mol. The molecule has 2 rings (SSSR count). The van der Waals surface area contributed by atoms with Crippen LogP contribution in [-0.2, 0) is 19.6 Å². The largest absolute Gasteiger partial charge is 0.452 e. The molecule has 0 saturated heterocycles. The van der Waals surface area contributed by atoms with Crippen LogP contribution in [0.4, 0.5) is 5.69 Å². The van der Waals surface area contributed by atoms with Gasteiger partial charge >= 0.3 is 5.97 Å². The predicted octanol–water partition coefficient (Wildman–Crippen LogP) is 3.46. The fraction of sp³-hybridized carbons (Fsp3) is 0.217. The maximum Gasteiger partial charge on any atom is 0.338 e. The second-order valence-corrected chi connectivity index (χ2v) is 8.59. The van der Waals surface area contributed by atoms with E-state index in [2.05, 4.69) is 17.9 Å². The van der Waals surface area contributed by atoms with E-state index in [0.29, 0.717) is 24.3 Å². The molecule has 0 atom stereocenters. The zero-order valence-corrected chi connectivity index (χ0v) is 18.4. The Balaban J connectivity index is 2.17. The number of ether oxygens (including phenoxy) is 1. The van der Waals surface area contributed by atoms with Crippen LogP contribution in [0.3, 0.4) is 0 Å². The summed E-state index contributed by atoms with van der Waals surface area (Å²) in [5, 5.41) is 0. The zero-order chi connectivity index (χ0) is 23.0. The first kappa shape index (κ1) is 23.9. The third kappa shape index (κ3) is 6.55. The quantitative estimate of drug-likeness (QED) is 0.449. The number of carbonyl (C=O) groups excluding carboxylic acids is 2. The van der Waals surface area contributed by atoms with Gasteiger partial charge in [-0.2, -0.15) is 0 Å². The molecule has 8 heteroatoms. The van der Waals surface area contributed by atoms with E-state index in [0.717, 1.165) is 5.56 Å². The number of hydrogen-bond donors (Lipinski definition) is 1. The number of anilines is 1. The van der Waals surface area contributed by atoms with Crippen molar-refractivity contribution in [1.82, 2.24) is 4.90 Å². The van der Waals surface area contributed by atoms with Gasteiger partial charge < -0.3 is 9.64 Å². The molecule has 0 aliphatic carbocycles. The minimum absolute atomic E-state index is 0.0684. The van der Waals surface area contributed by atoms with E-state index >= 15 is 0 Å². The van der Waals surface area contributed by atoms with Gasteiger partial charge in [0.1, 0.15) is 0 Å². The van der Waals surface area contributed by atoms with Crippen molar-refractivity contribution >= 4 is 27.6 Å². The zero-order valence-electron chi connectivity index (χ0n) is 17.6. The summed E-state index contributed by atoms with van der Waals surface area (Å²) in [5.41, 5.74) is 1.92. The van der Waals surface area contributed by atoms with Crippen LogP contribution in [-0.4, -0.2) is 44.9 Å². The van der Waals surface area contributed by atoms with Crippen LogP contribution in [0.1, 0.15) is 21.5 Å². The number of hydrogen-bond acceptors (Lipinski definition) is 5. The summed E-state index contributed by atoms with van der Waals surface area (Å²) < 4.78 is 33.1. The number of nitrogens with one attached hydrogen (secondary N) is 1. The molecule has 0 aromatic heterocycles. The van der Waals surface area contributed by atoms with E-state index in [1.54, 1.807) is 37.3 Å². The third-order valence-electron chi connectivity index (χ3n) is 4.39. The number of sulfonamides is 1. The van der Waals surface area contributed by atoms with Gasteiger partial charge in [-0.25, -0.2) is 13.2 Å². The van der Waals surface area contributed by atoms with Gasteiger partial charge in [-0.3, -0.25) is 9.52 Å². The van der Waals surface area contributed by atoms with Gasteiger partial charge in [-0.1, -0.05) is 30.4 Å². The lowest BCUT2D eigenvalue weighted by molar-refractivity contribution is -0.133. The van der Waals surface area contributed by atoms with E-state index in [4.69, 9.17) is 4.74 Å². The summed E-state index contributed by atoms with van der Waals surface area (Å²) in [4.78, 5) is 26.1. The number of amides is 1. The molecule has 164 valence electrons. The molecule has 0 bridgehead atoms. The van der Waals surface area contributed by atoms with Crippen LogP contribution < -0.4 is 4.72 Å². The van der Waals surface area contributed by atoms with Gasteiger partial charge in [0.2, 0.25) is 0 Å². The summed E-state index contributed by atoms with van der Waals surface area (Å²) in [7, 11) is -3.92. The second-order valence-electron chi connectivity index (χ2n) is 6.90. The summed E-state index contributed by atoms with van der Waals surface area (Å²) in [6, 6.07) is 11.1. The topological polar surface area (TPSA) is 92.8 Å². The summed E-state index contributed by atoms with van der Waals surface area (Å²) in [5.74, 6) is -1.19. The lowest BCUT2D eigenvalue weighted by Crippen LogP contribution is -2.35. The van der Waals surface area contributed by atoms with E-state index in [-0.39, 0.29) is 10.5 Å². The number of rotatable bonds is 10. The molecular formula is C23H26N2O5S. The molecule has 0 aliphatic heterocycles. The Labute approximate surface area is 183 Å². The Hall–Kier alpha value is -3.39. The fourth-order valence-electron chi connectivity index (χ4n) is 2.80. The third-order valence-corrected chi connectivity index (χ3v) is 5.77. The molecule has 1 N–H and O–H groups in total. The highest BCUT2D eigenvalue weighted by Gasteiger charge is 2.20. The van der Waals surface area contributed by atoms with Crippen LogP contribution in [0.15, 0.2) is 72.7 Å². The van der Waals surface area contributed by atoms with Gasteiger partial charge in [-0.05, 0) is 49.2 Å². The van der Waals surface area contributed by atoms with E-state index in [9.17, 15) is 18.0 Å². The molecule has 2 aromatic rings. The minimum Gasteiger partial charge on any atom is -0.452 e. The molecule has 31 heavy (non-hydrogen) atoms. The molecule has 0 heterocycles. The number of carbonyl (C=O) groups is 2. The SMILES string of the molecule is C=CCN(CC=C)C(=O)COC(=O)c1cc(S(=O)(=O)Nc2cccc(C)c2)ccc1C. The van der Waals surface area contributed by atoms with Gasteiger partial charge in [0.15, 0.2) is 6.61 Å². The van der Waals surface area contributed by atoms with Crippen molar-refractivity contribution in [2.24, 2.45) is 0 Å². The standard InChI is InChI=1S/C23H26N2O5S/c1-5-12-25(13-6-2)22(26)16-30-23(27)21-15-20(11-10-18(21)4)31(28,29)24-19-9-7-8-17(3)14-19/h5-11,14-15,24H,1-2,12-13,16H2,3-4H3. The van der Waals surface area contributed by atoms with Crippen molar-refractivity contribution in [3.63, 3.8) is 0 Å². The van der Waals surface area contributed by atoms with Crippen LogP contribution in [0.5, 0.6) is 0 Å². The van der Waals surface area contributed by atoms with Crippen molar-refractivity contribution in [1.29, 1.82) is 0 Å². The van der Waals surface area contributed by atoms with Crippen LogP contribution >= 0.6 is 0 Å². The average Bonchev–Trinajstić information content (AvgIpc) is 2.71. The smallest absolute Gasteiger partial charge is 0.338 e. The maximum atomic E-state index is 12.8. The highest BCUT2D eigenvalue weighted by atomic mass is 32.2. The first-order valence-electron chi connectivity index (χ1n) is 9.54. The van der Waals surface area contributed by atoms with E-state index in [1.807, 2.05) is 13.0 Å². The molecule has 0 spiro atoms. The lowest BCUT2D eigenvalue weighted by Gasteiger charge is -2.19. The normalized spacial score (nSPS) is 10.8. The fourth-order valence-corrected chi connectivity index (χ4v) is 3.87. The summed E-state index contributed by atoms with van der Waals surface area (Å²) in [6.45, 7) is 10.8. The van der Waals surface area contributed by atoms with Crippen LogP contribution in [0.25, 0.3) is 0 Å². The van der Waals surface area contributed by atoms with Crippen molar-refractivity contribution in [2.75, 3.05) is 24.4 Å². The van der Waals surface area contributed by atoms with Crippen molar-refractivity contribution in [2.45, 2.75) is 18.7 Å². The lowest BCUT2D eigenvalue weighted by atomic mass is 10.1. The molecule has 0 aliphatic rings. The average molecular weight is 443 g/mol. The van der Waals surface area contributed by atoms with Crippen molar-refractivity contribution in [3.05, 3.63) is 84.5 Å². The molecule has 1 amide bonds. The van der Waals surface area contributed by atoms with Gasteiger partial charge in [0, 0.05) is 18.8 Å². The van der Waals surface area contributed by atoms with Crippen LogP contribution in [0.2, 0.25) is 0 Å². The Morgan fingerprint density at radius 1 is 1.06 bits per heavy atom. The molecule has 0 saturated carbocycles. The Morgan fingerprint density at radius 3 is 2.35 bits per heavy atom. The first-order valence-corrected chi connectivity index (χ1v) is 11.0. The van der Waals surface area contributed by atoms with Gasteiger partial charge in [0.25, 0.3) is 15.9 Å². The second kappa shape index (κ2) is 10.6. The summed E-state index contributed by atoms with van der Waals surface area (Å²) >= 11 is 0. The molecule has 0 fully saturated rings. The first-order chi connectivity index (χ1) is 14.7. The number of aryl methyl sites for hydroxylation is 2. The number of nitrogens with zero attached hydrogens (tertiary/aromatic N) is 1. The molecule has 0 radical (unpaired) electrons. The summed E-state index contributed by atoms with van der Waals surface area (Å²) in [6.07, 6.45) is 3.12. The van der Waals surface area contributed by atoms with Crippen LogP contribution in [0, 0.1) is 13.8 Å². The number of benzene rings is 2.